The van der Waals surface area contributed by atoms with Crippen LogP contribution in [0.1, 0.15) is 49.8 Å². The van der Waals surface area contributed by atoms with E-state index < -0.39 is 0 Å². The summed E-state index contributed by atoms with van der Waals surface area (Å²) in [4.78, 5) is 4.77. The van der Waals surface area contributed by atoms with Crippen molar-refractivity contribution in [2.24, 2.45) is 0 Å². The number of aryl methyl sites for hydroxylation is 2. The first-order valence-corrected chi connectivity index (χ1v) is 7.68. The lowest BCUT2D eigenvalue weighted by atomic mass is 9.83. The van der Waals surface area contributed by atoms with Gasteiger partial charge in [-0.3, -0.25) is 0 Å². The molecule has 1 fully saturated rings. The molecule has 0 atom stereocenters. The van der Waals surface area contributed by atoms with E-state index in [1.807, 2.05) is 0 Å². The lowest BCUT2D eigenvalue weighted by molar-refractivity contribution is 0.352. The molecule has 1 N–H and O–H groups in total. The molecule has 1 aromatic rings. The van der Waals surface area contributed by atoms with Crippen molar-refractivity contribution in [3.8, 4) is 0 Å². The molecule has 2 nitrogen and oxygen atoms in total. The van der Waals surface area contributed by atoms with Crippen molar-refractivity contribution in [1.29, 1.82) is 0 Å². The lowest BCUT2D eigenvalue weighted by Gasteiger charge is -2.37. The van der Waals surface area contributed by atoms with Gasteiger partial charge in [-0.15, -0.1) is 11.6 Å². The number of hydrogen-bond acceptors (Lipinski definition) is 2. The molecule has 1 heterocycles. The molecule has 98 valence electrons. The van der Waals surface area contributed by atoms with Crippen LogP contribution in [0.2, 0.25) is 0 Å². The second kappa shape index (κ2) is 5.08. The Hall–Kier alpha value is -0.760. The Labute approximate surface area is 114 Å². The van der Waals surface area contributed by atoms with Gasteiger partial charge in [-0.25, -0.2) is 4.98 Å². The number of rotatable bonds is 3. The zero-order chi connectivity index (χ0) is 12.4. The van der Waals surface area contributed by atoms with Gasteiger partial charge in [0.2, 0.25) is 0 Å². The minimum absolute atomic E-state index is 0.0830. The number of nitrogens with one attached hydrogen (secondary N) is 1. The molecule has 0 radical (unpaired) electrons. The summed E-state index contributed by atoms with van der Waals surface area (Å²) in [5.74, 6) is 1.71. The Morgan fingerprint density at radius 1 is 1.11 bits per heavy atom. The summed E-state index contributed by atoms with van der Waals surface area (Å²) < 4.78 is 0. The first-order chi connectivity index (χ1) is 8.81. The summed E-state index contributed by atoms with van der Waals surface area (Å²) in [6.45, 7) is 0. The summed E-state index contributed by atoms with van der Waals surface area (Å²) in [6, 6.07) is 4.37. The van der Waals surface area contributed by atoms with E-state index in [2.05, 4.69) is 17.4 Å². The van der Waals surface area contributed by atoms with Crippen LogP contribution in [-0.4, -0.2) is 16.4 Å². The fraction of sp³-hybridized carbons (Fsp3) is 0.667. The standard InChI is InChI=1S/C15H21ClN2/c16-11-15(9-2-1-3-10-15)18-14-8-7-12-5-4-6-13(12)17-14/h7-8H,1-6,9-11H2,(H,17,18). The van der Waals surface area contributed by atoms with Crippen molar-refractivity contribution in [2.45, 2.75) is 56.9 Å². The van der Waals surface area contributed by atoms with Gasteiger partial charge in [-0.2, -0.15) is 0 Å². The molecule has 18 heavy (non-hydrogen) atoms. The zero-order valence-corrected chi connectivity index (χ0v) is 11.6. The van der Waals surface area contributed by atoms with Crippen molar-refractivity contribution in [2.75, 3.05) is 11.2 Å². The highest BCUT2D eigenvalue weighted by Crippen LogP contribution is 2.33. The Morgan fingerprint density at radius 2 is 1.94 bits per heavy atom. The molecular weight excluding hydrogens is 244 g/mol. The van der Waals surface area contributed by atoms with Crippen molar-refractivity contribution < 1.29 is 0 Å². The predicted octanol–water partition coefficient (Wildman–Crippen LogP) is 3.92. The molecule has 0 amide bonds. The van der Waals surface area contributed by atoms with Crippen molar-refractivity contribution in [3.05, 3.63) is 23.4 Å². The van der Waals surface area contributed by atoms with Crippen LogP contribution in [0.25, 0.3) is 0 Å². The quantitative estimate of drug-likeness (QED) is 0.837. The normalized spacial score (nSPS) is 21.6. The molecule has 1 saturated carbocycles. The molecule has 3 rings (SSSR count). The molecule has 2 aliphatic rings. The molecule has 0 saturated heterocycles. The second-order valence-electron chi connectivity index (χ2n) is 5.76. The minimum atomic E-state index is 0.0830. The fourth-order valence-electron chi connectivity index (χ4n) is 3.28. The third-order valence-corrected chi connectivity index (χ3v) is 4.90. The first kappa shape index (κ1) is 12.3. The second-order valence-corrected chi connectivity index (χ2v) is 6.02. The maximum atomic E-state index is 6.21. The van der Waals surface area contributed by atoms with Gasteiger partial charge in [0.15, 0.2) is 0 Å². The monoisotopic (exact) mass is 264 g/mol. The van der Waals surface area contributed by atoms with Crippen LogP contribution < -0.4 is 5.32 Å². The third-order valence-electron chi connectivity index (χ3n) is 4.39. The summed E-state index contributed by atoms with van der Waals surface area (Å²) >= 11 is 6.21. The van der Waals surface area contributed by atoms with E-state index in [1.165, 1.54) is 56.2 Å². The summed E-state index contributed by atoms with van der Waals surface area (Å²) in [5.41, 5.74) is 2.81. The highest BCUT2D eigenvalue weighted by atomic mass is 35.5. The van der Waals surface area contributed by atoms with E-state index >= 15 is 0 Å². The van der Waals surface area contributed by atoms with Crippen LogP contribution >= 0.6 is 11.6 Å². The van der Waals surface area contributed by atoms with E-state index in [-0.39, 0.29) is 5.54 Å². The van der Waals surface area contributed by atoms with E-state index in [1.54, 1.807) is 0 Å². The van der Waals surface area contributed by atoms with Gasteiger partial charge in [0.05, 0.1) is 5.54 Å². The van der Waals surface area contributed by atoms with E-state index in [9.17, 15) is 0 Å². The Morgan fingerprint density at radius 3 is 2.72 bits per heavy atom. The Balaban J connectivity index is 1.78. The van der Waals surface area contributed by atoms with Crippen molar-refractivity contribution >= 4 is 17.4 Å². The molecule has 0 unspecified atom stereocenters. The highest BCUT2D eigenvalue weighted by Gasteiger charge is 2.31. The third kappa shape index (κ3) is 2.35. The van der Waals surface area contributed by atoms with E-state index in [0.29, 0.717) is 5.88 Å². The maximum Gasteiger partial charge on any atom is 0.126 e. The smallest absolute Gasteiger partial charge is 0.126 e. The molecule has 0 spiro atoms. The lowest BCUT2D eigenvalue weighted by Crippen LogP contribution is -2.42. The van der Waals surface area contributed by atoms with Crippen LogP contribution in [-0.2, 0) is 12.8 Å². The largest absolute Gasteiger partial charge is 0.363 e. The molecule has 2 aliphatic carbocycles. The number of anilines is 1. The summed E-state index contributed by atoms with van der Waals surface area (Å²) in [7, 11) is 0. The minimum Gasteiger partial charge on any atom is -0.363 e. The van der Waals surface area contributed by atoms with E-state index in [0.717, 1.165) is 12.2 Å². The van der Waals surface area contributed by atoms with Crippen LogP contribution in [0.15, 0.2) is 12.1 Å². The van der Waals surface area contributed by atoms with Crippen LogP contribution in [0.3, 0.4) is 0 Å². The zero-order valence-electron chi connectivity index (χ0n) is 10.8. The maximum absolute atomic E-state index is 6.21. The Kier molecular flexibility index (Phi) is 3.47. The van der Waals surface area contributed by atoms with Gasteiger partial charge in [0.25, 0.3) is 0 Å². The van der Waals surface area contributed by atoms with Crippen molar-refractivity contribution in [3.63, 3.8) is 0 Å². The SMILES string of the molecule is ClCC1(Nc2ccc3c(n2)CCC3)CCCCC1. The summed E-state index contributed by atoms with van der Waals surface area (Å²) in [5, 5.41) is 3.63. The predicted molar refractivity (Wildman–Crippen MR) is 76.4 cm³/mol. The number of hydrogen-bond donors (Lipinski definition) is 1. The molecule has 0 aromatic carbocycles. The van der Waals surface area contributed by atoms with Gasteiger partial charge in [-0.1, -0.05) is 25.3 Å². The number of fused-ring (bicyclic) bond motifs is 1. The van der Waals surface area contributed by atoms with Crippen LogP contribution in [0, 0.1) is 0 Å². The number of nitrogens with zero attached hydrogens (tertiary/aromatic N) is 1. The molecule has 0 bridgehead atoms. The molecule has 3 heteroatoms. The van der Waals surface area contributed by atoms with Crippen LogP contribution in [0.5, 0.6) is 0 Å². The fourth-order valence-corrected chi connectivity index (χ4v) is 3.62. The Bertz CT molecular complexity index is 425. The number of pyridine rings is 1. The summed E-state index contributed by atoms with van der Waals surface area (Å²) in [6.07, 6.45) is 9.85. The van der Waals surface area contributed by atoms with Gasteiger partial charge in [0, 0.05) is 11.6 Å². The molecule has 1 aromatic heterocycles. The topological polar surface area (TPSA) is 24.9 Å². The van der Waals surface area contributed by atoms with Gasteiger partial charge in [0.1, 0.15) is 5.82 Å². The first-order valence-electron chi connectivity index (χ1n) is 7.14. The van der Waals surface area contributed by atoms with Gasteiger partial charge in [-0.05, 0) is 43.7 Å². The van der Waals surface area contributed by atoms with Gasteiger partial charge < -0.3 is 5.32 Å². The number of halogens is 1. The van der Waals surface area contributed by atoms with E-state index in [4.69, 9.17) is 16.6 Å². The highest BCUT2D eigenvalue weighted by molar-refractivity contribution is 6.18. The molecular formula is C15H21ClN2. The molecule has 0 aliphatic heterocycles. The number of aromatic nitrogens is 1. The van der Waals surface area contributed by atoms with Crippen molar-refractivity contribution in [1.82, 2.24) is 4.98 Å². The average molecular weight is 265 g/mol. The van der Waals surface area contributed by atoms with Gasteiger partial charge >= 0.3 is 0 Å². The number of alkyl halides is 1. The average Bonchev–Trinajstić information content (AvgIpc) is 2.87. The van der Waals surface area contributed by atoms with Crippen LogP contribution in [0.4, 0.5) is 5.82 Å².